The number of carboxylic acids is 1. The summed E-state index contributed by atoms with van der Waals surface area (Å²) < 4.78 is 0. The highest BCUT2D eigenvalue weighted by molar-refractivity contribution is 6.04. The number of pyridine rings is 1. The third kappa shape index (κ3) is 2.86. The van der Waals surface area contributed by atoms with E-state index in [2.05, 4.69) is 10.3 Å². The highest BCUT2D eigenvalue weighted by atomic mass is 16.4. The maximum absolute atomic E-state index is 11.8. The van der Waals surface area contributed by atoms with Crippen molar-refractivity contribution < 1.29 is 14.7 Å². The van der Waals surface area contributed by atoms with Crippen molar-refractivity contribution in [2.75, 3.05) is 5.32 Å². The van der Waals surface area contributed by atoms with Crippen LogP contribution in [0.25, 0.3) is 0 Å². The summed E-state index contributed by atoms with van der Waals surface area (Å²) in [5, 5.41) is 11.3. The molecule has 0 saturated carbocycles. The summed E-state index contributed by atoms with van der Waals surface area (Å²) in [6, 6.07) is 6.90. The van der Waals surface area contributed by atoms with Crippen molar-refractivity contribution in [3.8, 4) is 0 Å². The number of anilines is 1. The smallest absolute Gasteiger partial charge is 0.335 e. The molecule has 0 radical (unpaired) electrons. The number of aromatic nitrogens is 1. The standard InChI is InChI=1S/C13H10N2O4/c16-11-5-6-14-7-10(11)12(17)15-9-3-1-8(2-4-9)13(18)19/h1-7H,(H,14,16)(H,15,17)(H,18,19). The molecule has 0 saturated heterocycles. The molecule has 0 bridgehead atoms. The zero-order valence-electron chi connectivity index (χ0n) is 9.71. The number of rotatable bonds is 3. The maximum atomic E-state index is 11.8. The van der Waals surface area contributed by atoms with Gasteiger partial charge in [-0.05, 0) is 24.3 Å². The van der Waals surface area contributed by atoms with E-state index in [0.29, 0.717) is 5.69 Å². The van der Waals surface area contributed by atoms with Crippen molar-refractivity contribution in [1.29, 1.82) is 0 Å². The molecule has 0 unspecified atom stereocenters. The van der Waals surface area contributed by atoms with Gasteiger partial charge in [0.1, 0.15) is 5.56 Å². The average Bonchev–Trinajstić information content (AvgIpc) is 2.39. The van der Waals surface area contributed by atoms with Gasteiger partial charge < -0.3 is 15.4 Å². The van der Waals surface area contributed by atoms with Gasteiger partial charge in [0.2, 0.25) is 0 Å². The Balaban J connectivity index is 2.18. The number of carbonyl (C=O) groups is 2. The predicted molar refractivity (Wildman–Crippen MR) is 68.4 cm³/mol. The molecule has 0 atom stereocenters. The summed E-state index contributed by atoms with van der Waals surface area (Å²) >= 11 is 0. The largest absolute Gasteiger partial charge is 0.478 e. The lowest BCUT2D eigenvalue weighted by atomic mass is 10.2. The number of aromatic carboxylic acids is 1. The van der Waals surface area contributed by atoms with Crippen LogP contribution >= 0.6 is 0 Å². The van der Waals surface area contributed by atoms with Gasteiger partial charge >= 0.3 is 5.97 Å². The molecule has 0 aliphatic rings. The molecule has 6 heteroatoms. The highest BCUT2D eigenvalue weighted by Gasteiger charge is 2.10. The fraction of sp³-hybridized carbons (Fsp3) is 0. The van der Waals surface area contributed by atoms with E-state index in [9.17, 15) is 14.4 Å². The second-order valence-electron chi connectivity index (χ2n) is 3.76. The van der Waals surface area contributed by atoms with Gasteiger partial charge in [0.05, 0.1) is 5.56 Å². The number of aromatic amines is 1. The van der Waals surface area contributed by atoms with Crippen molar-refractivity contribution in [3.63, 3.8) is 0 Å². The molecule has 0 fully saturated rings. The van der Waals surface area contributed by atoms with Crippen LogP contribution in [0.15, 0.2) is 47.5 Å². The summed E-state index contributed by atoms with van der Waals surface area (Å²) in [5.74, 6) is -1.60. The first-order chi connectivity index (χ1) is 9.08. The Labute approximate surface area is 107 Å². The minimum Gasteiger partial charge on any atom is -0.478 e. The van der Waals surface area contributed by atoms with Gasteiger partial charge in [-0.2, -0.15) is 0 Å². The Morgan fingerprint density at radius 1 is 1.11 bits per heavy atom. The van der Waals surface area contributed by atoms with Crippen molar-refractivity contribution >= 4 is 17.6 Å². The fourth-order valence-corrected chi connectivity index (χ4v) is 1.49. The van der Waals surface area contributed by atoms with Crippen LogP contribution in [0.5, 0.6) is 0 Å². The van der Waals surface area contributed by atoms with Crippen molar-refractivity contribution in [2.45, 2.75) is 0 Å². The third-order valence-corrected chi connectivity index (χ3v) is 2.46. The van der Waals surface area contributed by atoms with E-state index in [-0.39, 0.29) is 11.1 Å². The number of amides is 1. The van der Waals surface area contributed by atoms with Crippen molar-refractivity contribution in [3.05, 3.63) is 64.1 Å². The van der Waals surface area contributed by atoms with E-state index < -0.39 is 17.3 Å². The van der Waals surface area contributed by atoms with Crippen LogP contribution in [0.3, 0.4) is 0 Å². The minimum absolute atomic E-state index is 0.00943. The molecule has 0 aliphatic heterocycles. The summed E-state index contributed by atoms with van der Waals surface area (Å²) in [6.45, 7) is 0. The molecule has 1 aromatic heterocycles. The van der Waals surface area contributed by atoms with Gasteiger partial charge in [-0.1, -0.05) is 0 Å². The first kappa shape index (κ1) is 12.6. The third-order valence-electron chi connectivity index (χ3n) is 2.46. The minimum atomic E-state index is -1.04. The quantitative estimate of drug-likeness (QED) is 0.773. The molecule has 3 N–H and O–H groups in total. The van der Waals surface area contributed by atoms with Gasteiger partial charge in [-0.25, -0.2) is 4.79 Å². The molecule has 1 aromatic carbocycles. The van der Waals surface area contributed by atoms with Crippen LogP contribution in [0.1, 0.15) is 20.7 Å². The van der Waals surface area contributed by atoms with Crippen LogP contribution < -0.4 is 10.7 Å². The number of H-pyrrole nitrogens is 1. The topological polar surface area (TPSA) is 99.3 Å². The highest BCUT2D eigenvalue weighted by Crippen LogP contribution is 2.10. The zero-order chi connectivity index (χ0) is 13.8. The number of hydrogen-bond acceptors (Lipinski definition) is 3. The maximum Gasteiger partial charge on any atom is 0.335 e. The normalized spacial score (nSPS) is 9.89. The molecular formula is C13H10N2O4. The van der Waals surface area contributed by atoms with Gasteiger partial charge in [0.15, 0.2) is 5.43 Å². The lowest BCUT2D eigenvalue weighted by Gasteiger charge is -2.04. The summed E-state index contributed by atoms with van der Waals surface area (Å²) in [5.41, 5.74) is 0.136. The summed E-state index contributed by atoms with van der Waals surface area (Å²) in [6.07, 6.45) is 2.74. The number of nitrogens with one attached hydrogen (secondary N) is 2. The Morgan fingerprint density at radius 3 is 2.37 bits per heavy atom. The van der Waals surface area contributed by atoms with E-state index >= 15 is 0 Å². The molecule has 19 heavy (non-hydrogen) atoms. The first-order valence-corrected chi connectivity index (χ1v) is 5.40. The van der Waals surface area contributed by atoms with Gasteiger partial charge in [0.25, 0.3) is 5.91 Å². The first-order valence-electron chi connectivity index (χ1n) is 5.40. The molecule has 2 aromatic rings. The monoisotopic (exact) mass is 258 g/mol. The van der Waals surface area contributed by atoms with Crippen LogP contribution in [0.2, 0.25) is 0 Å². The Kier molecular flexibility index (Phi) is 3.42. The lowest BCUT2D eigenvalue weighted by molar-refractivity contribution is 0.0696. The number of carboxylic acid groups (broad SMARTS) is 1. The fourth-order valence-electron chi connectivity index (χ4n) is 1.49. The predicted octanol–water partition coefficient (Wildman–Crippen LogP) is 1.33. The molecular weight excluding hydrogens is 248 g/mol. The Hall–Kier alpha value is -2.89. The van der Waals surface area contributed by atoms with Crippen LogP contribution in [0, 0.1) is 0 Å². The number of carbonyl (C=O) groups excluding carboxylic acids is 1. The second kappa shape index (κ2) is 5.18. The Bertz CT molecular complexity index is 674. The van der Waals surface area contributed by atoms with Crippen LogP contribution in [0.4, 0.5) is 5.69 Å². The second-order valence-corrected chi connectivity index (χ2v) is 3.76. The summed E-state index contributed by atoms with van der Waals surface area (Å²) in [4.78, 5) is 36.6. The van der Waals surface area contributed by atoms with Crippen molar-refractivity contribution in [1.82, 2.24) is 4.98 Å². The molecule has 1 heterocycles. The van der Waals surface area contributed by atoms with E-state index in [1.807, 2.05) is 0 Å². The number of hydrogen-bond donors (Lipinski definition) is 3. The van der Waals surface area contributed by atoms with E-state index in [0.717, 1.165) is 0 Å². The van der Waals surface area contributed by atoms with Crippen LogP contribution in [-0.2, 0) is 0 Å². The molecule has 0 aliphatic carbocycles. The van der Waals surface area contributed by atoms with Crippen molar-refractivity contribution in [2.24, 2.45) is 0 Å². The molecule has 6 nitrogen and oxygen atoms in total. The lowest BCUT2D eigenvalue weighted by Crippen LogP contribution is -2.20. The number of benzene rings is 1. The van der Waals surface area contributed by atoms with Crippen LogP contribution in [-0.4, -0.2) is 22.0 Å². The van der Waals surface area contributed by atoms with E-state index in [4.69, 9.17) is 5.11 Å². The average molecular weight is 258 g/mol. The van der Waals surface area contributed by atoms with E-state index in [1.165, 1.54) is 42.7 Å². The Morgan fingerprint density at radius 2 is 1.79 bits per heavy atom. The van der Waals surface area contributed by atoms with Gasteiger partial charge in [0, 0.05) is 24.1 Å². The van der Waals surface area contributed by atoms with Gasteiger partial charge in [-0.3, -0.25) is 9.59 Å². The SMILES string of the molecule is O=C(O)c1ccc(NC(=O)c2c[nH]ccc2=O)cc1. The molecule has 96 valence electrons. The molecule has 2 rings (SSSR count). The molecule has 1 amide bonds. The van der Waals surface area contributed by atoms with Gasteiger partial charge in [-0.15, -0.1) is 0 Å². The summed E-state index contributed by atoms with van der Waals surface area (Å²) in [7, 11) is 0. The zero-order valence-corrected chi connectivity index (χ0v) is 9.71. The molecule has 0 spiro atoms. The van der Waals surface area contributed by atoms with E-state index in [1.54, 1.807) is 0 Å².